The van der Waals surface area contributed by atoms with Crippen molar-refractivity contribution in [3.8, 4) is 0 Å². The highest BCUT2D eigenvalue weighted by Crippen LogP contribution is 2.48. The lowest BCUT2D eigenvalue weighted by Gasteiger charge is -2.51. The third-order valence-corrected chi connectivity index (χ3v) is 18.4. The first-order valence-corrected chi connectivity index (χ1v) is 18.0. The van der Waals surface area contributed by atoms with E-state index in [1.807, 2.05) is 0 Å². The summed E-state index contributed by atoms with van der Waals surface area (Å²) in [4.78, 5) is 39.3. The van der Waals surface area contributed by atoms with Gasteiger partial charge in [-0.25, -0.2) is 4.79 Å². The number of aliphatic hydroxyl groups excluding tert-OH is 1. The van der Waals surface area contributed by atoms with Gasteiger partial charge in [-0.3, -0.25) is 14.2 Å². The zero-order chi connectivity index (χ0) is 29.6. The van der Waals surface area contributed by atoms with Gasteiger partial charge in [-0.05, 0) is 34.3 Å². The lowest BCUT2D eigenvalue weighted by molar-refractivity contribution is -0.0603. The van der Waals surface area contributed by atoms with E-state index in [0.717, 1.165) is 10.6 Å². The smallest absolute Gasteiger partial charge is 0.340 e. The first kappa shape index (κ1) is 30.8. The molecule has 4 atom stereocenters. The third-order valence-electron chi connectivity index (χ3n) is 8.15. The summed E-state index contributed by atoms with van der Waals surface area (Å²) in [5.41, 5.74) is -1.13. The summed E-state index contributed by atoms with van der Waals surface area (Å²) < 4.78 is 28.7. The molecule has 0 spiro atoms. The Hall–Kier alpha value is -2.20. The summed E-state index contributed by atoms with van der Waals surface area (Å²) in [6.07, 6.45) is -2.73. The van der Waals surface area contributed by atoms with Crippen molar-refractivity contribution in [3.63, 3.8) is 0 Å². The molecule has 2 aromatic rings. The second kappa shape index (κ2) is 11.6. The summed E-state index contributed by atoms with van der Waals surface area (Å²) in [5, 5.41) is 11.6. The number of carbonyl (C=O) groups is 1. The van der Waals surface area contributed by atoms with Crippen LogP contribution in [0.25, 0.3) is 0 Å². The second-order valence-corrected chi connectivity index (χ2v) is 20.8. The van der Waals surface area contributed by atoms with Gasteiger partial charge in [-0.15, -0.1) is 0 Å². The van der Waals surface area contributed by atoms with Gasteiger partial charge in [0.15, 0.2) is 6.23 Å². The number of benzene rings is 1. The molecule has 3 heterocycles. The molecule has 0 saturated carbocycles. The SMILES string of the molecule is CC(C)[Si]1(C(C)C)OC[C@H]2O[C@@H](n3ccc(=O)n(C(=O)c4ccccc4)c3=O)[C@H](O)[C@@H]2O[Si](C(C)C)(C(C)C)O1. The molecule has 1 N–H and O–H groups in total. The van der Waals surface area contributed by atoms with Crippen LogP contribution in [-0.2, 0) is 17.7 Å². The van der Waals surface area contributed by atoms with Crippen molar-refractivity contribution in [2.45, 2.75) is 102 Å². The average molecular weight is 591 g/mol. The minimum absolute atomic E-state index is 0.0404. The molecule has 0 unspecified atom stereocenters. The van der Waals surface area contributed by atoms with Crippen molar-refractivity contribution < 1.29 is 27.6 Å². The summed E-state index contributed by atoms with van der Waals surface area (Å²) >= 11 is 0. The van der Waals surface area contributed by atoms with Crippen molar-refractivity contribution >= 4 is 23.0 Å². The first-order chi connectivity index (χ1) is 18.8. The number of hydrogen-bond acceptors (Lipinski definition) is 8. The van der Waals surface area contributed by atoms with Crippen LogP contribution < -0.4 is 11.2 Å². The van der Waals surface area contributed by atoms with E-state index < -0.39 is 58.8 Å². The van der Waals surface area contributed by atoms with Gasteiger partial charge in [0.05, 0.1) is 6.61 Å². The lowest BCUT2D eigenvalue weighted by Crippen LogP contribution is -2.65. The van der Waals surface area contributed by atoms with Gasteiger partial charge in [-0.2, -0.15) is 4.57 Å². The molecule has 2 aliphatic rings. The normalized spacial score (nSPS) is 26.2. The zero-order valence-corrected chi connectivity index (χ0v) is 26.6. The van der Waals surface area contributed by atoms with E-state index in [1.54, 1.807) is 18.2 Å². The molecule has 12 heteroatoms. The van der Waals surface area contributed by atoms with Gasteiger partial charge in [0.2, 0.25) is 0 Å². The maximum Gasteiger partial charge on any atom is 0.340 e. The van der Waals surface area contributed by atoms with Crippen LogP contribution in [0.1, 0.15) is 72.0 Å². The highest BCUT2D eigenvalue weighted by atomic mass is 28.5. The molecule has 2 fully saturated rings. The number of aliphatic hydroxyl groups is 1. The van der Waals surface area contributed by atoms with Crippen LogP contribution in [0.4, 0.5) is 0 Å². The number of fused-ring (bicyclic) bond motifs is 1. The maximum atomic E-state index is 13.5. The summed E-state index contributed by atoms with van der Waals surface area (Å²) in [6.45, 7) is 16.9. The van der Waals surface area contributed by atoms with Crippen molar-refractivity contribution in [1.29, 1.82) is 0 Å². The van der Waals surface area contributed by atoms with E-state index in [1.165, 1.54) is 18.3 Å². The molecule has 40 heavy (non-hydrogen) atoms. The van der Waals surface area contributed by atoms with Gasteiger partial charge in [0, 0.05) is 17.8 Å². The Kier molecular flexibility index (Phi) is 8.91. The Morgan fingerprint density at radius 2 is 1.48 bits per heavy atom. The number of carbonyl (C=O) groups excluding carboxylic acids is 1. The molecule has 0 radical (unpaired) electrons. The quantitative estimate of drug-likeness (QED) is 0.503. The summed E-state index contributed by atoms with van der Waals surface area (Å²) in [7, 11) is -5.86. The molecule has 10 nitrogen and oxygen atoms in total. The summed E-state index contributed by atoms with van der Waals surface area (Å²) in [6, 6.07) is 9.21. The Labute approximate surface area is 237 Å². The Morgan fingerprint density at radius 1 is 0.900 bits per heavy atom. The molecule has 220 valence electrons. The van der Waals surface area contributed by atoms with Crippen LogP contribution in [0.15, 0.2) is 52.2 Å². The fourth-order valence-electron chi connectivity index (χ4n) is 5.95. The minimum atomic E-state index is -3.03. The van der Waals surface area contributed by atoms with Gasteiger partial charge >= 0.3 is 22.8 Å². The number of aromatic nitrogens is 2. The number of rotatable bonds is 6. The molecule has 2 aliphatic heterocycles. The largest absolute Gasteiger partial charge is 0.414 e. The highest BCUT2D eigenvalue weighted by molar-refractivity contribution is 6.84. The Balaban J connectivity index is 1.78. The fraction of sp³-hybridized carbons (Fsp3) is 0.607. The van der Waals surface area contributed by atoms with Crippen molar-refractivity contribution in [2.75, 3.05) is 6.61 Å². The van der Waals surface area contributed by atoms with Crippen LogP contribution in [0.2, 0.25) is 22.2 Å². The van der Waals surface area contributed by atoms with E-state index in [9.17, 15) is 19.5 Å². The van der Waals surface area contributed by atoms with E-state index in [-0.39, 0.29) is 34.3 Å². The van der Waals surface area contributed by atoms with Crippen LogP contribution in [-0.4, -0.2) is 62.2 Å². The molecule has 4 rings (SSSR count). The molecule has 0 amide bonds. The third kappa shape index (κ3) is 5.15. The van der Waals surface area contributed by atoms with Crippen LogP contribution >= 0.6 is 0 Å². The van der Waals surface area contributed by atoms with Gasteiger partial charge in [0.25, 0.3) is 11.5 Å². The first-order valence-electron chi connectivity index (χ1n) is 14.1. The molecule has 0 aliphatic carbocycles. The minimum Gasteiger partial charge on any atom is -0.414 e. The number of hydrogen-bond donors (Lipinski definition) is 1. The number of nitrogens with zero attached hydrogens (tertiary/aromatic N) is 2. The predicted molar refractivity (Wildman–Crippen MR) is 155 cm³/mol. The predicted octanol–water partition coefficient (Wildman–Crippen LogP) is 3.91. The Bertz CT molecular complexity index is 1310. The highest BCUT2D eigenvalue weighted by Gasteiger charge is 2.61. The molecule has 0 bridgehead atoms. The van der Waals surface area contributed by atoms with E-state index in [0.29, 0.717) is 4.57 Å². The molecular weight excluding hydrogens is 548 g/mol. The van der Waals surface area contributed by atoms with Crippen LogP contribution in [0.3, 0.4) is 0 Å². The maximum absolute atomic E-state index is 13.5. The van der Waals surface area contributed by atoms with E-state index in [4.69, 9.17) is 17.7 Å². The number of ether oxygens (including phenoxy) is 1. The van der Waals surface area contributed by atoms with Crippen molar-refractivity contribution in [2.24, 2.45) is 0 Å². The van der Waals surface area contributed by atoms with Gasteiger partial charge in [-0.1, -0.05) is 73.6 Å². The lowest BCUT2D eigenvalue weighted by atomic mass is 10.1. The Morgan fingerprint density at radius 3 is 2.02 bits per heavy atom. The standard InChI is InChI=1S/C28H42N2O8Si2/c1-17(2)39(18(3)4)35-16-22-25(37-40(38-39,19(5)6)20(7)8)24(32)27(36-22)29-15-14-23(31)30(28(29)34)26(33)21-12-10-9-11-13-21/h9-15,17-20,22,24-25,27,32H,16H2,1-8H3/t22-,24-,25-,27-/m1/s1. The van der Waals surface area contributed by atoms with E-state index >= 15 is 0 Å². The average Bonchev–Trinajstić information content (AvgIpc) is 3.17. The monoisotopic (exact) mass is 590 g/mol. The van der Waals surface area contributed by atoms with Crippen molar-refractivity contribution in [3.05, 3.63) is 69.0 Å². The van der Waals surface area contributed by atoms with Gasteiger partial charge < -0.3 is 22.8 Å². The van der Waals surface area contributed by atoms with Crippen molar-refractivity contribution in [1.82, 2.24) is 9.13 Å². The van der Waals surface area contributed by atoms with E-state index in [2.05, 4.69) is 55.4 Å². The van der Waals surface area contributed by atoms with Crippen LogP contribution in [0.5, 0.6) is 0 Å². The fourth-order valence-corrected chi connectivity index (χ4v) is 17.2. The molecule has 1 aromatic heterocycles. The zero-order valence-electron chi connectivity index (χ0n) is 24.6. The summed E-state index contributed by atoms with van der Waals surface area (Å²) in [5.74, 6) is -0.757. The topological polar surface area (TPSA) is 118 Å². The van der Waals surface area contributed by atoms with Crippen LogP contribution in [0, 0.1) is 0 Å². The molecule has 1 aromatic carbocycles. The second-order valence-electron chi connectivity index (χ2n) is 12.0. The molecular formula is C28H42N2O8Si2. The molecule has 2 saturated heterocycles. The van der Waals surface area contributed by atoms with Gasteiger partial charge in [0.1, 0.15) is 18.3 Å².